The first-order valence-electron chi connectivity index (χ1n) is 4.02. The number of aliphatic hydroxyl groups excluding tert-OH is 1. The van der Waals surface area contributed by atoms with Crippen molar-refractivity contribution in [2.45, 2.75) is 19.8 Å². The van der Waals surface area contributed by atoms with Gasteiger partial charge in [0, 0.05) is 12.5 Å². The molecule has 0 aromatic heterocycles. The van der Waals surface area contributed by atoms with E-state index in [1.54, 1.807) is 13.0 Å². The molecule has 0 heterocycles. The highest BCUT2D eigenvalue weighted by Crippen LogP contribution is 2.17. The molecule has 0 radical (unpaired) electrons. The van der Waals surface area contributed by atoms with Gasteiger partial charge in [0.25, 0.3) is 0 Å². The molecule has 1 nitrogen and oxygen atoms in total. The Morgan fingerprint density at radius 1 is 1.50 bits per heavy atom. The van der Waals surface area contributed by atoms with Gasteiger partial charge in [-0.15, -0.1) is 0 Å². The summed E-state index contributed by atoms with van der Waals surface area (Å²) >= 11 is 0. The van der Waals surface area contributed by atoms with Gasteiger partial charge >= 0.3 is 0 Å². The van der Waals surface area contributed by atoms with E-state index in [1.165, 1.54) is 6.07 Å². The molecule has 0 fully saturated rings. The number of aryl methyl sites for hydroxylation is 1. The van der Waals surface area contributed by atoms with Gasteiger partial charge in [-0.05, 0) is 24.1 Å². The highest BCUT2D eigenvalue weighted by atomic mass is 19.1. The summed E-state index contributed by atoms with van der Waals surface area (Å²) in [6.45, 7) is 3.65. The van der Waals surface area contributed by atoms with E-state index in [-0.39, 0.29) is 18.3 Å². The van der Waals surface area contributed by atoms with Crippen LogP contribution in [-0.2, 0) is 0 Å². The molecule has 66 valence electrons. The van der Waals surface area contributed by atoms with Gasteiger partial charge in [-0.25, -0.2) is 4.39 Å². The van der Waals surface area contributed by atoms with Crippen molar-refractivity contribution in [1.29, 1.82) is 0 Å². The molecule has 1 aromatic carbocycles. The van der Waals surface area contributed by atoms with Gasteiger partial charge in [0.2, 0.25) is 0 Å². The molecule has 1 aromatic rings. The quantitative estimate of drug-likeness (QED) is 0.718. The van der Waals surface area contributed by atoms with Crippen LogP contribution in [0, 0.1) is 12.7 Å². The van der Waals surface area contributed by atoms with Crippen molar-refractivity contribution in [2.75, 3.05) is 6.61 Å². The van der Waals surface area contributed by atoms with Gasteiger partial charge in [-0.3, -0.25) is 0 Å². The largest absolute Gasteiger partial charge is 0.396 e. The van der Waals surface area contributed by atoms with Crippen molar-refractivity contribution in [1.82, 2.24) is 0 Å². The average molecular weight is 168 g/mol. The van der Waals surface area contributed by atoms with Crippen LogP contribution in [0.3, 0.4) is 0 Å². The van der Waals surface area contributed by atoms with Crippen LogP contribution in [0.1, 0.15) is 24.0 Å². The minimum absolute atomic E-state index is 0.0140. The third-order valence-corrected chi connectivity index (χ3v) is 2.04. The van der Waals surface area contributed by atoms with Gasteiger partial charge in [-0.2, -0.15) is 0 Å². The topological polar surface area (TPSA) is 20.2 Å². The summed E-state index contributed by atoms with van der Waals surface area (Å²) in [6.07, 6.45) is 0. The fourth-order valence-electron chi connectivity index (χ4n) is 1.02. The molecule has 0 aliphatic carbocycles. The molecule has 12 heavy (non-hydrogen) atoms. The van der Waals surface area contributed by atoms with E-state index in [4.69, 9.17) is 5.11 Å². The van der Waals surface area contributed by atoms with E-state index in [0.717, 1.165) is 5.56 Å². The molecular weight excluding hydrogens is 155 g/mol. The Hall–Kier alpha value is -0.890. The lowest BCUT2D eigenvalue weighted by molar-refractivity contribution is 0.273. The molecular formula is C10H13FO. The summed E-state index contributed by atoms with van der Waals surface area (Å²) in [7, 11) is 0. The Kier molecular flexibility index (Phi) is 2.82. The Labute approximate surface area is 71.9 Å². The minimum atomic E-state index is -0.201. The number of hydrogen-bond acceptors (Lipinski definition) is 1. The average Bonchev–Trinajstić information content (AvgIpc) is 2.08. The lowest BCUT2D eigenvalue weighted by Crippen LogP contribution is -1.99. The summed E-state index contributed by atoms with van der Waals surface area (Å²) in [5, 5.41) is 8.83. The second-order valence-corrected chi connectivity index (χ2v) is 3.09. The summed E-state index contributed by atoms with van der Waals surface area (Å²) in [5.41, 5.74) is 1.49. The molecule has 0 amide bonds. The van der Waals surface area contributed by atoms with E-state index < -0.39 is 0 Å². The molecule has 1 N–H and O–H groups in total. The fraction of sp³-hybridized carbons (Fsp3) is 0.400. The summed E-state index contributed by atoms with van der Waals surface area (Å²) in [6, 6.07) is 5.06. The van der Waals surface area contributed by atoms with Gasteiger partial charge in [0.1, 0.15) is 5.82 Å². The maximum absolute atomic E-state index is 13.0. The first-order valence-corrected chi connectivity index (χ1v) is 4.02. The fourth-order valence-corrected chi connectivity index (χ4v) is 1.02. The van der Waals surface area contributed by atoms with Crippen molar-refractivity contribution in [3.63, 3.8) is 0 Å². The lowest BCUT2D eigenvalue weighted by Gasteiger charge is -2.08. The summed E-state index contributed by atoms with van der Waals surface area (Å²) in [4.78, 5) is 0. The summed E-state index contributed by atoms with van der Waals surface area (Å²) in [5.74, 6) is -0.187. The zero-order chi connectivity index (χ0) is 9.14. The molecule has 0 saturated heterocycles. The van der Waals surface area contributed by atoms with E-state index in [0.29, 0.717) is 5.56 Å². The van der Waals surface area contributed by atoms with Gasteiger partial charge < -0.3 is 5.11 Å². The maximum Gasteiger partial charge on any atom is 0.126 e. The highest BCUT2D eigenvalue weighted by molar-refractivity contribution is 5.25. The number of halogens is 1. The molecule has 0 aliphatic heterocycles. The normalized spacial score (nSPS) is 13.0. The lowest BCUT2D eigenvalue weighted by atomic mass is 10.0. The van der Waals surface area contributed by atoms with E-state index in [9.17, 15) is 4.39 Å². The Balaban J connectivity index is 2.96. The van der Waals surface area contributed by atoms with Crippen molar-refractivity contribution in [3.8, 4) is 0 Å². The number of rotatable bonds is 2. The van der Waals surface area contributed by atoms with Crippen LogP contribution in [0.5, 0.6) is 0 Å². The SMILES string of the molecule is Cc1ccc(C(C)CO)cc1F. The zero-order valence-electron chi connectivity index (χ0n) is 7.34. The third-order valence-electron chi connectivity index (χ3n) is 2.04. The van der Waals surface area contributed by atoms with E-state index in [2.05, 4.69) is 0 Å². The Morgan fingerprint density at radius 3 is 2.67 bits per heavy atom. The first kappa shape index (κ1) is 9.20. The highest BCUT2D eigenvalue weighted by Gasteiger charge is 2.05. The van der Waals surface area contributed by atoms with Crippen LogP contribution in [0.15, 0.2) is 18.2 Å². The van der Waals surface area contributed by atoms with E-state index >= 15 is 0 Å². The van der Waals surface area contributed by atoms with Crippen LogP contribution in [0.4, 0.5) is 4.39 Å². The predicted octanol–water partition coefficient (Wildman–Crippen LogP) is 2.23. The molecule has 0 bridgehead atoms. The number of benzene rings is 1. The van der Waals surface area contributed by atoms with Crippen LogP contribution in [0.25, 0.3) is 0 Å². The third kappa shape index (κ3) is 1.83. The molecule has 0 spiro atoms. The second-order valence-electron chi connectivity index (χ2n) is 3.09. The van der Waals surface area contributed by atoms with E-state index in [1.807, 2.05) is 13.0 Å². The zero-order valence-corrected chi connectivity index (χ0v) is 7.34. The Bertz CT molecular complexity index is 271. The molecule has 1 atom stereocenters. The van der Waals surface area contributed by atoms with Crippen LogP contribution >= 0.6 is 0 Å². The minimum Gasteiger partial charge on any atom is -0.396 e. The smallest absolute Gasteiger partial charge is 0.126 e. The second kappa shape index (κ2) is 3.68. The number of hydrogen-bond donors (Lipinski definition) is 1. The Morgan fingerprint density at radius 2 is 2.17 bits per heavy atom. The molecule has 0 aliphatic rings. The standard InChI is InChI=1S/C10H13FO/c1-7-3-4-9(5-10(7)11)8(2)6-12/h3-5,8,12H,6H2,1-2H3. The molecule has 0 saturated carbocycles. The van der Waals surface area contributed by atoms with Crippen LogP contribution < -0.4 is 0 Å². The van der Waals surface area contributed by atoms with Crippen LogP contribution in [-0.4, -0.2) is 11.7 Å². The maximum atomic E-state index is 13.0. The van der Waals surface area contributed by atoms with Gasteiger partial charge in [-0.1, -0.05) is 19.1 Å². The molecule has 1 rings (SSSR count). The van der Waals surface area contributed by atoms with Crippen LogP contribution in [0.2, 0.25) is 0 Å². The van der Waals surface area contributed by atoms with Gasteiger partial charge in [0.15, 0.2) is 0 Å². The van der Waals surface area contributed by atoms with Crippen molar-refractivity contribution < 1.29 is 9.50 Å². The van der Waals surface area contributed by atoms with Crippen molar-refractivity contribution in [2.24, 2.45) is 0 Å². The first-order chi connectivity index (χ1) is 5.65. The summed E-state index contributed by atoms with van der Waals surface area (Å²) < 4.78 is 13.0. The van der Waals surface area contributed by atoms with Crippen molar-refractivity contribution in [3.05, 3.63) is 35.1 Å². The molecule has 1 unspecified atom stereocenters. The van der Waals surface area contributed by atoms with Gasteiger partial charge in [0.05, 0.1) is 0 Å². The van der Waals surface area contributed by atoms with Crippen molar-refractivity contribution >= 4 is 0 Å². The number of aliphatic hydroxyl groups is 1. The monoisotopic (exact) mass is 168 g/mol. The molecule has 2 heteroatoms. The predicted molar refractivity (Wildman–Crippen MR) is 46.6 cm³/mol.